The maximum atomic E-state index is 11.3. The third kappa shape index (κ3) is 9.98. The zero-order valence-corrected chi connectivity index (χ0v) is 11.3. The Labute approximate surface area is 112 Å². The van der Waals surface area contributed by atoms with E-state index in [1.165, 1.54) is 0 Å². The molecule has 0 rings (SSSR count). The molecule has 0 bridgehead atoms. The van der Waals surface area contributed by atoms with E-state index in [1.54, 1.807) is 0 Å². The van der Waals surface area contributed by atoms with E-state index in [4.69, 9.17) is 10.5 Å². The highest BCUT2D eigenvalue weighted by molar-refractivity contribution is 6.34. The Kier molecular flexibility index (Phi) is 9.37. The lowest BCUT2D eigenvalue weighted by Crippen LogP contribution is -2.47. The molecule has 0 spiro atoms. The second-order valence-electron chi connectivity index (χ2n) is 4.26. The fourth-order valence-electron chi connectivity index (χ4n) is 0.982. The molecule has 0 atom stereocenters. The van der Waals surface area contributed by atoms with Crippen molar-refractivity contribution in [3.8, 4) is 0 Å². The van der Waals surface area contributed by atoms with Crippen molar-refractivity contribution in [2.45, 2.75) is 20.3 Å². The summed E-state index contributed by atoms with van der Waals surface area (Å²) in [5.41, 5.74) is 9.85. The number of hydrogen-bond acceptors (Lipinski definition) is 6. The topological polar surface area (TPSA) is 123 Å². The van der Waals surface area contributed by atoms with Gasteiger partial charge in [0.1, 0.15) is 0 Å². The van der Waals surface area contributed by atoms with Gasteiger partial charge in [0.2, 0.25) is 0 Å². The summed E-state index contributed by atoms with van der Waals surface area (Å²) in [6.07, 6.45) is 0.500. The number of hydrazine groups is 1. The van der Waals surface area contributed by atoms with E-state index in [0.29, 0.717) is 19.5 Å². The third-order valence-corrected chi connectivity index (χ3v) is 1.95. The maximum Gasteiger partial charge on any atom is 0.323 e. The first kappa shape index (κ1) is 17.3. The van der Waals surface area contributed by atoms with Crippen LogP contribution in [-0.4, -0.2) is 44.0 Å². The molecule has 0 aliphatic rings. The highest BCUT2D eigenvalue weighted by Crippen LogP contribution is 1.86. The molecule has 0 saturated heterocycles. The zero-order valence-electron chi connectivity index (χ0n) is 11.3. The van der Waals surface area contributed by atoms with Crippen molar-refractivity contribution in [3.05, 3.63) is 0 Å². The summed E-state index contributed by atoms with van der Waals surface area (Å²) in [7, 11) is 0. The van der Waals surface area contributed by atoms with Gasteiger partial charge in [0.25, 0.3) is 0 Å². The Morgan fingerprint density at radius 2 is 1.89 bits per heavy atom. The lowest BCUT2D eigenvalue weighted by atomic mass is 10.2. The minimum absolute atomic E-state index is 0.153. The van der Waals surface area contributed by atoms with Crippen LogP contribution in [0.15, 0.2) is 0 Å². The maximum absolute atomic E-state index is 11.3. The Morgan fingerprint density at radius 3 is 2.47 bits per heavy atom. The number of nitrogens with one attached hydrogen (secondary N) is 3. The van der Waals surface area contributed by atoms with Crippen LogP contribution in [0.1, 0.15) is 20.3 Å². The minimum atomic E-state index is -0.750. The van der Waals surface area contributed by atoms with Gasteiger partial charge in [-0.1, -0.05) is 13.8 Å². The lowest BCUT2D eigenvalue weighted by molar-refractivity contribution is -0.142. The number of ether oxygens (including phenoxy) is 1. The number of amides is 2. The molecule has 0 heterocycles. The normalized spacial score (nSPS) is 10.1. The second kappa shape index (κ2) is 10.3. The first-order valence-electron chi connectivity index (χ1n) is 6.14. The van der Waals surface area contributed by atoms with Crippen LogP contribution >= 0.6 is 0 Å². The van der Waals surface area contributed by atoms with Crippen molar-refractivity contribution in [1.82, 2.24) is 16.2 Å². The fraction of sp³-hybridized carbons (Fsp3) is 0.727. The van der Waals surface area contributed by atoms with Gasteiger partial charge in [0, 0.05) is 13.1 Å². The van der Waals surface area contributed by atoms with Crippen LogP contribution in [0.4, 0.5) is 0 Å². The third-order valence-electron chi connectivity index (χ3n) is 1.95. The minimum Gasteiger partial charge on any atom is -0.465 e. The van der Waals surface area contributed by atoms with Crippen LogP contribution in [0.25, 0.3) is 0 Å². The predicted molar refractivity (Wildman–Crippen MR) is 68.6 cm³/mol. The van der Waals surface area contributed by atoms with Crippen molar-refractivity contribution < 1.29 is 19.1 Å². The molecule has 0 aromatic heterocycles. The number of nitrogens with two attached hydrogens (primary N) is 1. The van der Waals surface area contributed by atoms with Gasteiger partial charge in [-0.05, 0) is 12.3 Å². The van der Waals surface area contributed by atoms with Gasteiger partial charge in [0.15, 0.2) is 0 Å². The molecule has 0 unspecified atom stereocenters. The van der Waals surface area contributed by atoms with Crippen LogP contribution < -0.4 is 21.9 Å². The smallest absolute Gasteiger partial charge is 0.323 e. The average molecular weight is 274 g/mol. The molecule has 2 amide bonds. The highest BCUT2D eigenvalue weighted by atomic mass is 16.5. The molecule has 19 heavy (non-hydrogen) atoms. The predicted octanol–water partition coefficient (Wildman–Crippen LogP) is -1.73. The standard InChI is InChI=1S/C11H22N4O4/c1-8(2)7-13-10(17)11(18)15-14-4-3-5-19-9(16)6-12/h8,14H,3-7,12H2,1-2H3,(H,13,17)(H,15,18). The molecule has 0 saturated carbocycles. The van der Waals surface area contributed by atoms with Gasteiger partial charge in [-0.3, -0.25) is 19.8 Å². The van der Waals surface area contributed by atoms with Crippen LogP contribution in [0.5, 0.6) is 0 Å². The number of esters is 1. The molecule has 0 aliphatic heterocycles. The molecule has 110 valence electrons. The van der Waals surface area contributed by atoms with Gasteiger partial charge >= 0.3 is 17.8 Å². The summed E-state index contributed by atoms with van der Waals surface area (Å²) in [4.78, 5) is 33.2. The second-order valence-corrected chi connectivity index (χ2v) is 4.26. The van der Waals surface area contributed by atoms with Crippen molar-refractivity contribution in [3.63, 3.8) is 0 Å². The zero-order chi connectivity index (χ0) is 14.7. The van der Waals surface area contributed by atoms with Crippen LogP contribution in [0.3, 0.4) is 0 Å². The Bertz CT molecular complexity index is 307. The lowest BCUT2D eigenvalue weighted by Gasteiger charge is -2.09. The molecule has 8 heteroatoms. The van der Waals surface area contributed by atoms with E-state index in [1.807, 2.05) is 13.8 Å². The van der Waals surface area contributed by atoms with Crippen LogP contribution in [0, 0.1) is 5.92 Å². The van der Waals surface area contributed by atoms with Crippen LogP contribution in [0.2, 0.25) is 0 Å². The van der Waals surface area contributed by atoms with Crippen molar-refractivity contribution >= 4 is 17.8 Å². The number of rotatable bonds is 8. The van der Waals surface area contributed by atoms with Crippen molar-refractivity contribution in [2.75, 3.05) is 26.2 Å². The van der Waals surface area contributed by atoms with E-state index >= 15 is 0 Å². The van der Waals surface area contributed by atoms with Crippen molar-refractivity contribution in [2.24, 2.45) is 11.7 Å². The number of hydrogen-bond donors (Lipinski definition) is 4. The van der Waals surface area contributed by atoms with E-state index < -0.39 is 17.8 Å². The van der Waals surface area contributed by atoms with Crippen LogP contribution in [-0.2, 0) is 19.1 Å². The Morgan fingerprint density at radius 1 is 1.21 bits per heavy atom. The quantitative estimate of drug-likeness (QED) is 0.180. The summed E-state index contributed by atoms with van der Waals surface area (Å²) in [6.45, 7) is 4.74. The first-order chi connectivity index (χ1) is 8.97. The Hall–Kier alpha value is -1.67. The number of carbonyl (C=O) groups excluding carboxylic acids is 3. The summed E-state index contributed by atoms with van der Waals surface area (Å²) in [5.74, 6) is -1.63. The SMILES string of the molecule is CC(C)CNC(=O)C(=O)NNCCCOC(=O)CN. The molecule has 8 nitrogen and oxygen atoms in total. The summed E-state index contributed by atoms with van der Waals surface area (Å²) in [5, 5.41) is 2.48. The van der Waals surface area contributed by atoms with E-state index in [9.17, 15) is 14.4 Å². The highest BCUT2D eigenvalue weighted by Gasteiger charge is 2.12. The fourth-order valence-corrected chi connectivity index (χ4v) is 0.982. The molecule has 0 radical (unpaired) electrons. The van der Waals surface area contributed by atoms with Gasteiger partial charge in [0.05, 0.1) is 13.2 Å². The van der Waals surface area contributed by atoms with Gasteiger partial charge in [-0.15, -0.1) is 0 Å². The molecule has 5 N–H and O–H groups in total. The Balaban J connectivity index is 3.52. The average Bonchev–Trinajstić information content (AvgIpc) is 2.38. The summed E-state index contributed by atoms with van der Waals surface area (Å²) >= 11 is 0. The van der Waals surface area contributed by atoms with Gasteiger partial charge < -0.3 is 15.8 Å². The summed E-state index contributed by atoms with van der Waals surface area (Å²) < 4.78 is 4.71. The van der Waals surface area contributed by atoms with Gasteiger partial charge in [-0.2, -0.15) is 0 Å². The molecular formula is C11H22N4O4. The molecule has 0 aromatic carbocycles. The molecule has 0 aromatic rings. The number of carbonyl (C=O) groups is 3. The first-order valence-corrected chi connectivity index (χ1v) is 6.14. The van der Waals surface area contributed by atoms with Gasteiger partial charge in [-0.25, -0.2) is 5.43 Å². The van der Waals surface area contributed by atoms with E-state index in [-0.39, 0.29) is 19.1 Å². The van der Waals surface area contributed by atoms with Crippen molar-refractivity contribution in [1.29, 1.82) is 0 Å². The summed E-state index contributed by atoms with van der Waals surface area (Å²) in [6, 6.07) is 0. The molecule has 0 fully saturated rings. The monoisotopic (exact) mass is 274 g/mol. The van der Waals surface area contributed by atoms with E-state index in [2.05, 4.69) is 16.2 Å². The largest absolute Gasteiger partial charge is 0.465 e. The molecular weight excluding hydrogens is 252 g/mol. The van der Waals surface area contributed by atoms with E-state index in [0.717, 1.165) is 0 Å². The molecule has 0 aliphatic carbocycles.